The third-order valence-electron chi connectivity index (χ3n) is 4.51. The summed E-state index contributed by atoms with van der Waals surface area (Å²) in [5, 5.41) is 1.16. The van der Waals surface area contributed by atoms with E-state index in [1.165, 1.54) is 4.88 Å². The smallest absolute Gasteiger partial charge is 0.257 e. The molecule has 0 aliphatic carbocycles. The molecular weight excluding hydrogens is 334 g/mol. The Morgan fingerprint density at radius 2 is 1.92 bits per heavy atom. The molecule has 1 aromatic heterocycles. The van der Waals surface area contributed by atoms with Crippen LogP contribution in [0.2, 0.25) is 0 Å². The minimum Gasteiger partial charge on any atom is -0.493 e. The van der Waals surface area contributed by atoms with Crippen molar-refractivity contribution in [3.8, 4) is 5.75 Å². The number of carbonyl (C=O) groups is 1. The number of aryl methyl sites for hydroxylation is 2. The summed E-state index contributed by atoms with van der Waals surface area (Å²) >= 11 is 1.77. The zero-order valence-electron chi connectivity index (χ0n) is 15.1. The number of aromatic nitrogens is 1. The zero-order valence-corrected chi connectivity index (χ0v) is 15.9. The molecule has 0 atom stereocenters. The number of piperazine rings is 1. The minimum absolute atomic E-state index is 0.0598. The first-order valence-electron chi connectivity index (χ1n) is 8.75. The number of amides is 1. The maximum absolute atomic E-state index is 12.8. The molecule has 1 amide bonds. The van der Waals surface area contributed by atoms with Crippen LogP contribution in [0.4, 0.5) is 0 Å². The summed E-state index contributed by atoms with van der Waals surface area (Å²) in [6, 6.07) is 7.50. The minimum atomic E-state index is 0.0598. The Balaban J connectivity index is 1.59. The highest BCUT2D eigenvalue weighted by Crippen LogP contribution is 2.22. The van der Waals surface area contributed by atoms with Gasteiger partial charge in [0, 0.05) is 31.1 Å². The van der Waals surface area contributed by atoms with Gasteiger partial charge in [-0.15, -0.1) is 11.3 Å². The van der Waals surface area contributed by atoms with Crippen LogP contribution in [-0.2, 0) is 6.54 Å². The van der Waals surface area contributed by atoms with Crippen LogP contribution in [0.1, 0.15) is 32.9 Å². The highest BCUT2D eigenvalue weighted by molar-refractivity contribution is 7.11. The van der Waals surface area contributed by atoms with Crippen molar-refractivity contribution in [2.75, 3.05) is 32.8 Å². The normalized spacial score (nSPS) is 15.4. The van der Waals surface area contributed by atoms with E-state index in [2.05, 4.69) is 23.7 Å². The first-order valence-corrected chi connectivity index (χ1v) is 9.56. The van der Waals surface area contributed by atoms with Crippen molar-refractivity contribution in [1.29, 1.82) is 0 Å². The molecule has 1 aromatic carbocycles. The van der Waals surface area contributed by atoms with Gasteiger partial charge in [0.1, 0.15) is 10.8 Å². The molecule has 1 fully saturated rings. The molecule has 0 spiro atoms. The maximum atomic E-state index is 12.8. The molecule has 0 saturated carbocycles. The second kappa shape index (κ2) is 7.97. The van der Waals surface area contributed by atoms with E-state index in [0.29, 0.717) is 17.9 Å². The van der Waals surface area contributed by atoms with E-state index < -0.39 is 0 Å². The van der Waals surface area contributed by atoms with Crippen LogP contribution in [0.15, 0.2) is 24.3 Å². The van der Waals surface area contributed by atoms with Crippen molar-refractivity contribution in [1.82, 2.24) is 14.8 Å². The molecule has 2 heterocycles. The second-order valence-electron chi connectivity index (χ2n) is 6.25. The number of hydrogen-bond donors (Lipinski definition) is 0. The zero-order chi connectivity index (χ0) is 17.8. The number of ether oxygens (including phenoxy) is 1. The average molecular weight is 359 g/mol. The van der Waals surface area contributed by atoms with E-state index >= 15 is 0 Å². The number of rotatable bonds is 5. The maximum Gasteiger partial charge on any atom is 0.257 e. The van der Waals surface area contributed by atoms with E-state index in [9.17, 15) is 4.79 Å². The van der Waals surface area contributed by atoms with Crippen LogP contribution in [0.5, 0.6) is 5.75 Å². The topological polar surface area (TPSA) is 45.7 Å². The van der Waals surface area contributed by atoms with E-state index in [1.54, 1.807) is 11.3 Å². The molecule has 1 aliphatic heterocycles. The van der Waals surface area contributed by atoms with Gasteiger partial charge >= 0.3 is 0 Å². The van der Waals surface area contributed by atoms with Crippen LogP contribution >= 0.6 is 11.3 Å². The molecule has 5 nitrogen and oxygen atoms in total. The lowest BCUT2D eigenvalue weighted by Gasteiger charge is -2.34. The van der Waals surface area contributed by atoms with Crippen LogP contribution in [0, 0.1) is 13.8 Å². The van der Waals surface area contributed by atoms with Gasteiger partial charge in [-0.1, -0.05) is 12.1 Å². The Labute approximate surface area is 153 Å². The number of hydrogen-bond acceptors (Lipinski definition) is 5. The number of thiazole rings is 1. The molecule has 0 radical (unpaired) electrons. The monoisotopic (exact) mass is 359 g/mol. The predicted octanol–water partition coefficient (Wildman–Crippen LogP) is 3.12. The molecule has 134 valence electrons. The molecule has 1 saturated heterocycles. The van der Waals surface area contributed by atoms with Gasteiger partial charge in [-0.3, -0.25) is 9.69 Å². The van der Waals surface area contributed by atoms with E-state index in [1.807, 2.05) is 36.1 Å². The largest absolute Gasteiger partial charge is 0.493 e. The standard InChI is InChI=1S/C19H25N3O2S/c1-4-24-17-8-6-5-7-16(17)19(23)22-11-9-21(10-12-22)13-18-20-14(2)15(3)25-18/h5-8H,4,9-13H2,1-3H3. The lowest BCUT2D eigenvalue weighted by Crippen LogP contribution is -2.48. The average Bonchev–Trinajstić information content (AvgIpc) is 2.93. The molecule has 2 aromatic rings. The number of benzene rings is 1. The van der Waals surface area contributed by atoms with Gasteiger partial charge in [-0.05, 0) is 32.9 Å². The predicted molar refractivity (Wildman–Crippen MR) is 100 cm³/mol. The van der Waals surface area contributed by atoms with Crippen molar-refractivity contribution in [3.05, 3.63) is 45.4 Å². The molecule has 6 heteroatoms. The van der Waals surface area contributed by atoms with Gasteiger partial charge in [-0.2, -0.15) is 0 Å². The lowest BCUT2D eigenvalue weighted by molar-refractivity contribution is 0.0624. The fraction of sp³-hybridized carbons (Fsp3) is 0.474. The summed E-state index contributed by atoms with van der Waals surface area (Å²) in [6.07, 6.45) is 0. The van der Waals surface area contributed by atoms with Crippen LogP contribution in [0.25, 0.3) is 0 Å². The summed E-state index contributed by atoms with van der Waals surface area (Å²) in [4.78, 5) is 23.0. The fourth-order valence-corrected chi connectivity index (χ4v) is 3.98. The van der Waals surface area contributed by atoms with Gasteiger partial charge in [0.2, 0.25) is 0 Å². The Bertz CT molecular complexity index is 717. The lowest BCUT2D eigenvalue weighted by atomic mass is 10.1. The van der Waals surface area contributed by atoms with Crippen molar-refractivity contribution < 1.29 is 9.53 Å². The van der Waals surface area contributed by atoms with Gasteiger partial charge in [0.15, 0.2) is 0 Å². The molecule has 3 rings (SSSR count). The Morgan fingerprint density at radius 3 is 2.56 bits per heavy atom. The van der Waals surface area contributed by atoms with Crippen LogP contribution < -0.4 is 4.74 Å². The Kier molecular flexibility index (Phi) is 5.71. The quantitative estimate of drug-likeness (QED) is 0.823. The number of para-hydroxylation sites is 1. The third-order valence-corrected chi connectivity index (χ3v) is 5.57. The van der Waals surface area contributed by atoms with Gasteiger partial charge < -0.3 is 9.64 Å². The van der Waals surface area contributed by atoms with E-state index in [4.69, 9.17) is 4.74 Å². The molecular formula is C19H25N3O2S. The third kappa shape index (κ3) is 4.19. The summed E-state index contributed by atoms with van der Waals surface area (Å²) < 4.78 is 5.60. The summed E-state index contributed by atoms with van der Waals surface area (Å²) in [5.41, 5.74) is 1.78. The highest BCUT2D eigenvalue weighted by atomic mass is 32.1. The van der Waals surface area contributed by atoms with Crippen LogP contribution in [0.3, 0.4) is 0 Å². The first kappa shape index (κ1) is 17.9. The molecule has 0 bridgehead atoms. The van der Waals surface area contributed by atoms with Crippen molar-refractivity contribution in [2.24, 2.45) is 0 Å². The number of nitrogens with zero attached hydrogens (tertiary/aromatic N) is 3. The fourth-order valence-electron chi connectivity index (χ4n) is 3.00. The van der Waals surface area contributed by atoms with E-state index in [0.717, 1.165) is 43.4 Å². The Hall–Kier alpha value is -1.92. The van der Waals surface area contributed by atoms with Gasteiger partial charge in [0.05, 0.1) is 24.4 Å². The van der Waals surface area contributed by atoms with E-state index in [-0.39, 0.29) is 5.91 Å². The summed E-state index contributed by atoms with van der Waals surface area (Å²) in [6.45, 7) is 10.8. The Morgan fingerprint density at radius 1 is 1.20 bits per heavy atom. The number of carbonyl (C=O) groups excluding carboxylic acids is 1. The van der Waals surface area contributed by atoms with Gasteiger partial charge in [0.25, 0.3) is 5.91 Å². The summed E-state index contributed by atoms with van der Waals surface area (Å²) in [7, 11) is 0. The van der Waals surface area contributed by atoms with Crippen LogP contribution in [-0.4, -0.2) is 53.5 Å². The molecule has 0 N–H and O–H groups in total. The SMILES string of the molecule is CCOc1ccccc1C(=O)N1CCN(Cc2nc(C)c(C)s2)CC1. The molecule has 1 aliphatic rings. The van der Waals surface area contributed by atoms with Gasteiger partial charge in [-0.25, -0.2) is 4.98 Å². The first-order chi connectivity index (χ1) is 12.1. The summed E-state index contributed by atoms with van der Waals surface area (Å²) in [5.74, 6) is 0.732. The van der Waals surface area contributed by atoms with Crippen molar-refractivity contribution >= 4 is 17.2 Å². The molecule has 0 unspecified atom stereocenters. The highest BCUT2D eigenvalue weighted by Gasteiger charge is 2.24. The molecule has 25 heavy (non-hydrogen) atoms. The van der Waals surface area contributed by atoms with Crippen molar-refractivity contribution in [3.63, 3.8) is 0 Å². The second-order valence-corrected chi connectivity index (χ2v) is 7.53. The van der Waals surface area contributed by atoms with Crippen molar-refractivity contribution in [2.45, 2.75) is 27.3 Å².